The molecule has 1 heterocycles. The summed E-state index contributed by atoms with van der Waals surface area (Å²) < 4.78 is 10.2. The zero-order chi connectivity index (χ0) is 26.9. The number of halogens is 3. The van der Waals surface area contributed by atoms with E-state index >= 15 is 0 Å². The van der Waals surface area contributed by atoms with Crippen LogP contribution in [0.2, 0.25) is 15.1 Å². The number of alkyl carbamates (subject to hydrolysis) is 1. The number of ether oxygens (including phenoxy) is 2. The number of hydrogen-bond acceptors (Lipinski definition) is 9. The van der Waals surface area contributed by atoms with E-state index in [4.69, 9.17) is 44.3 Å². The van der Waals surface area contributed by atoms with Crippen LogP contribution >= 0.6 is 46.6 Å². The van der Waals surface area contributed by atoms with Gasteiger partial charge in [0.1, 0.15) is 18.3 Å². The van der Waals surface area contributed by atoms with Crippen molar-refractivity contribution in [2.24, 2.45) is 0 Å². The van der Waals surface area contributed by atoms with E-state index in [1.807, 2.05) is 12.1 Å². The van der Waals surface area contributed by atoms with Crippen LogP contribution in [0.5, 0.6) is 5.75 Å². The molecular formula is C22H20Cl3N5O6S. The molecule has 11 nitrogen and oxygen atoms in total. The number of Topliss-reactive ketones (excluding diaryl/α,β-unsaturated/α-hetero) is 1. The molecular weight excluding hydrogens is 569 g/mol. The van der Waals surface area contributed by atoms with Crippen molar-refractivity contribution in [1.29, 1.82) is 0 Å². The molecule has 15 heteroatoms. The van der Waals surface area contributed by atoms with E-state index in [0.717, 1.165) is 22.1 Å². The molecule has 0 aliphatic rings. The SMILES string of the molecule is COc1ccc(CCOC(=O)NC(CC(=O)O)C(=O)Cn2nnc(Sc3c(Cl)ccc(Cl)c3Cl)n2)cc1. The van der Waals surface area contributed by atoms with Crippen LogP contribution in [-0.4, -0.2) is 62.9 Å². The number of carbonyl (C=O) groups excluding carboxylic acids is 2. The lowest BCUT2D eigenvalue weighted by Crippen LogP contribution is -2.44. The quantitative estimate of drug-likeness (QED) is 0.296. The van der Waals surface area contributed by atoms with E-state index in [1.165, 1.54) is 0 Å². The first-order valence-corrected chi connectivity index (χ1v) is 12.5. The summed E-state index contributed by atoms with van der Waals surface area (Å²) in [6.07, 6.45) is -1.17. The lowest BCUT2D eigenvalue weighted by molar-refractivity contribution is -0.139. The maximum absolute atomic E-state index is 12.7. The third-order valence-corrected chi connectivity index (χ3v) is 7.09. The highest BCUT2D eigenvalue weighted by Gasteiger charge is 2.25. The Morgan fingerprint density at radius 2 is 1.81 bits per heavy atom. The largest absolute Gasteiger partial charge is 0.497 e. The zero-order valence-electron chi connectivity index (χ0n) is 19.2. The van der Waals surface area contributed by atoms with Gasteiger partial charge < -0.3 is 19.9 Å². The van der Waals surface area contributed by atoms with E-state index in [0.29, 0.717) is 22.1 Å². The molecule has 1 atom stereocenters. The average Bonchev–Trinajstić information content (AvgIpc) is 3.30. The van der Waals surface area contributed by atoms with Crippen LogP contribution in [0.15, 0.2) is 46.5 Å². The molecule has 3 aromatic rings. The molecule has 0 spiro atoms. The van der Waals surface area contributed by atoms with Gasteiger partial charge in [-0.3, -0.25) is 9.59 Å². The first-order valence-electron chi connectivity index (χ1n) is 10.6. The number of carboxylic acids is 1. The minimum atomic E-state index is -1.37. The molecule has 2 aromatic carbocycles. The van der Waals surface area contributed by atoms with Crippen molar-refractivity contribution >= 4 is 64.4 Å². The summed E-state index contributed by atoms with van der Waals surface area (Å²) >= 11 is 19.3. The van der Waals surface area contributed by atoms with Crippen molar-refractivity contribution in [3.8, 4) is 5.75 Å². The fourth-order valence-corrected chi connectivity index (χ4v) is 4.51. The predicted molar refractivity (Wildman–Crippen MR) is 136 cm³/mol. The minimum absolute atomic E-state index is 0.0198. The number of ketones is 1. The van der Waals surface area contributed by atoms with Crippen molar-refractivity contribution in [3.63, 3.8) is 0 Å². The first kappa shape index (κ1) is 28.5. The fraction of sp³-hybridized carbons (Fsp3) is 0.273. The Morgan fingerprint density at radius 3 is 2.49 bits per heavy atom. The number of rotatable bonds is 12. The molecule has 2 N–H and O–H groups in total. The topological polar surface area (TPSA) is 146 Å². The maximum atomic E-state index is 12.7. The summed E-state index contributed by atoms with van der Waals surface area (Å²) in [5, 5.41) is 24.1. The predicted octanol–water partition coefficient (Wildman–Crippen LogP) is 4.17. The highest BCUT2D eigenvalue weighted by atomic mass is 35.5. The number of aliphatic carboxylic acids is 1. The van der Waals surface area contributed by atoms with Gasteiger partial charge in [-0.25, -0.2) is 4.79 Å². The molecule has 196 valence electrons. The van der Waals surface area contributed by atoms with E-state index in [9.17, 15) is 19.5 Å². The molecule has 3 rings (SSSR count). The second-order valence-corrected chi connectivity index (χ2v) is 9.54. The van der Waals surface area contributed by atoms with E-state index in [2.05, 4.69) is 20.7 Å². The van der Waals surface area contributed by atoms with Crippen LogP contribution in [0.25, 0.3) is 0 Å². The minimum Gasteiger partial charge on any atom is -0.497 e. The number of amides is 1. The molecule has 37 heavy (non-hydrogen) atoms. The summed E-state index contributed by atoms with van der Waals surface area (Å²) in [7, 11) is 1.56. The summed E-state index contributed by atoms with van der Waals surface area (Å²) in [6.45, 7) is -0.430. The van der Waals surface area contributed by atoms with Gasteiger partial charge >= 0.3 is 12.1 Å². The molecule has 0 radical (unpaired) electrons. The van der Waals surface area contributed by atoms with Gasteiger partial charge in [-0.05, 0) is 46.8 Å². The van der Waals surface area contributed by atoms with Gasteiger partial charge in [-0.2, -0.15) is 4.80 Å². The van der Waals surface area contributed by atoms with Crippen molar-refractivity contribution in [2.75, 3.05) is 13.7 Å². The molecule has 0 fully saturated rings. The fourth-order valence-electron chi connectivity index (χ4n) is 2.94. The number of nitrogens with zero attached hydrogens (tertiary/aromatic N) is 4. The van der Waals surface area contributed by atoms with E-state index in [1.54, 1.807) is 31.4 Å². The standard InChI is InChI=1S/C22H20Cl3N5O6S/c1-35-13-4-2-12(3-5-13)8-9-36-22(34)26-16(10-18(32)33)17(31)11-30-28-21(27-29-30)37-20-15(24)7-6-14(23)19(20)25/h2-7,16H,8-11H2,1H3,(H,26,34)(H,32,33). The molecule has 0 aliphatic carbocycles. The summed E-state index contributed by atoms with van der Waals surface area (Å²) in [5.41, 5.74) is 0.901. The number of carbonyl (C=O) groups is 3. The summed E-state index contributed by atoms with van der Waals surface area (Å²) in [4.78, 5) is 37.5. The van der Waals surface area contributed by atoms with Crippen LogP contribution in [0.3, 0.4) is 0 Å². The highest BCUT2D eigenvalue weighted by molar-refractivity contribution is 7.99. The Kier molecular flexibility index (Phi) is 10.4. The third kappa shape index (κ3) is 8.49. The van der Waals surface area contributed by atoms with E-state index in [-0.39, 0.29) is 21.8 Å². The Hall–Kier alpha value is -3.06. The number of nitrogens with one attached hydrogen (secondary N) is 1. The highest BCUT2D eigenvalue weighted by Crippen LogP contribution is 2.40. The average molecular weight is 589 g/mol. The van der Waals surface area contributed by atoms with Crippen LogP contribution in [0.1, 0.15) is 12.0 Å². The monoisotopic (exact) mass is 587 g/mol. The van der Waals surface area contributed by atoms with Crippen molar-refractivity contribution in [3.05, 3.63) is 57.0 Å². The molecule has 0 bridgehead atoms. The van der Waals surface area contributed by atoms with Gasteiger partial charge in [0.15, 0.2) is 5.78 Å². The second-order valence-electron chi connectivity index (χ2n) is 7.37. The van der Waals surface area contributed by atoms with Crippen LogP contribution in [0.4, 0.5) is 4.79 Å². The number of aromatic nitrogens is 4. The van der Waals surface area contributed by atoms with Crippen molar-refractivity contribution < 1.29 is 29.0 Å². The van der Waals surface area contributed by atoms with Gasteiger partial charge in [0.25, 0.3) is 0 Å². The van der Waals surface area contributed by atoms with Gasteiger partial charge in [0.05, 0.1) is 40.1 Å². The number of hydrogen-bond donors (Lipinski definition) is 2. The number of methoxy groups -OCH3 is 1. The van der Waals surface area contributed by atoms with Crippen LogP contribution in [-0.2, 0) is 27.3 Å². The molecule has 1 unspecified atom stereocenters. The maximum Gasteiger partial charge on any atom is 0.407 e. The van der Waals surface area contributed by atoms with Gasteiger partial charge in [0.2, 0.25) is 5.16 Å². The lowest BCUT2D eigenvalue weighted by Gasteiger charge is -2.15. The van der Waals surface area contributed by atoms with Crippen LogP contribution < -0.4 is 10.1 Å². The van der Waals surface area contributed by atoms with Gasteiger partial charge in [0, 0.05) is 6.42 Å². The Morgan fingerprint density at radius 1 is 1.11 bits per heavy atom. The number of benzene rings is 2. The van der Waals surface area contributed by atoms with Gasteiger partial charge in [-0.1, -0.05) is 46.9 Å². The van der Waals surface area contributed by atoms with Crippen LogP contribution in [0, 0.1) is 0 Å². The lowest BCUT2D eigenvalue weighted by atomic mass is 10.1. The smallest absolute Gasteiger partial charge is 0.407 e. The third-order valence-electron chi connectivity index (χ3n) is 4.77. The molecule has 0 aliphatic heterocycles. The van der Waals surface area contributed by atoms with Crippen molar-refractivity contribution in [2.45, 2.75) is 35.5 Å². The summed E-state index contributed by atoms with van der Waals surface area (Å²) in [6, 6.07) is 8.92. The number of carboxylic acid groups (broad SMARTS) is 1. The Balaban J connectivity index is 1.56. The molecule has 1 amide bonds. The number of tetrazole rings is 1. The molecule has 0 saturated carbocycles. The molecule has 1 aromatic heterocycles. The second kappa shape index (κ2) is 13.5. The Labute approximate surface area is 230 Å². The zero-order valence-corrected chi connectivity index (χ0v) is 22.3. The van der Waals surface area contributed by atoms with Gasteiger partial charge in [-0.15, -0.1) is 10.2 Å². The van der Waals surface area contributed by atoms with Crippen molar-refractivity contribution in [1.82, 2.24) is 25.5 Å². The van der Waals surface area contributed by atoms with E-state index < -0.39 is 36.9 Å². The normalized spacial score (nSPS) is 11.6. The Bertz CT molecular complexity index is 1270. The molecule has 0 saturated heterocycles. The summed E-state index contributed by atoms with van der Waals surface area (Å²) in [5.74, 6) is -1.26. The first-order chi connectivity index (χ1) is 17.7.